The lowest BCUT2D eigenvalue weighted by Crippen LogP contribution is -2.51. The van der Waals surface area contributed by atoms with Crippen LogP contribution in [-0.4, -0.2) is 85.8 Å². The van der Waals surface area contributed by atoms with Gasteiger partial charge in [-0.15, -0.1) is 0 Å². The Morgan fingerprint density at radius 3 is 1.80 bits per heavy atom. The molecule has 10 nitrogen and oxygen atoms in total. The third kappa shape index (κ3) is 13.2. The number of carbonyl (C=O) groups excluding carboxylic acids is 2. The zero-order valence-electron chi connectivity index (χ0n) is 26.3. The van der Waals surface area contributed by atoms with E-state index in [4.69, 9.17) is 10.5 Å². The van der Waals surface area contributed by atoms with Gasteiger partial charge in [-0.2, -0.15) is 23.5 Å². The van der Waals surface area contributed by atoms with Crippen LogP contribution in [0, 0.1) is 10.8 Å². The summed E-state index contributed by atoms with van der Waals surface area (Å²) in [6.07, 6.45) is 3.22. The van der Waals surface area contributed by atoms with E-state index in [1.807, 2.05) is 41.5 Å². The number of aliphatic carboxylic acids is 2. The second kappa shape index (κ2) is 15.4. The van der Waals surface area contributed by atoms with Gasteiger partial charge in [0.15, 0.2) is 0 Å². The second-order valence-electron chi connectivity index (χ2n) is 13.6. The van der Waals surface area contributed by atoms with E-state index in [-0.39, 0.29) is 40.6 Å². The average Bonchev–Trinajstić information content (AvgIpc) is 2.83. The van der Waals surface area contributed by atoms with E-state index >= 15 is 0 Å². The fourth-order valence-corrected chi connectivity index (χ4v) is 6.87. The second-order valence-corrected chi connectivity index (χ2v) is 16.2. The molecule has 0 saturated heterocycles. The van der Waals surface area contributed by atoms with Gasteiger partial charge in [-0.1, -0.05) is 27.7 Å². The molecule has 238 valence electrons. The molecule has 1 amide bonds. The molecule has 1 saturated carbocycles. The van der Waals surface area contributed by atoms with Crippen LogP contribution in [0.4, 0.5) is 0 Å². The van der Waals surface area contributed by atoms with Crippen molar-refractivity contribution in [3.63, 3.8) is 0 Å². The smallest absolute Gasteiger partial charge is 0.327 e. The Morgan fingerprint density at radius 2 is 1.39 bits per heavy atom. The number of carbonyl (C=O) groups is 4. The van der Waals surface area contributed by atoms with Crippen molar-refractivity contribution < 1.29 is 34.1 Å². The van der Waals surface area contributed by atoms with Crippen molar-refractivity contribution in [3.8, 4) is 0 Å². The maximum Gasteiger partial charge on any atom is 0.327 e. The van der Waals surface area contributed by atoms with E-state index in [1.54, 1.807) is 32.5 Å². The normalized spacial score (nSPS) is 20.8. The van der Waals surface area contributed by atoms with Crippen LogP contribution in [0.25, 0.3) is 0 Å². The van der Waals surface area contributed by atoms with Gasteiger partial charge >= 0.3 is 11.9 Å². The van der Waals surface area contributed by atoms with Crippen molar-refractivity contribution >= 4 is 47.2 Å². The van der Waals surface area contributed by atoms with Crippen molar-refractivity contribution in [2.75, 3.05) is 18.1 Å². The molecule has 1 rings (SSSR count). The standard InChI is InChI=1S/C29H53N3O7S2/c1-10-28(7,8)32-19(24(36)37)16-41-21-12-11-20(21)40-15-18(23(34)35)31-25(38)27(5,6)17-39-29(9,30)14-13-22(33)26(2,3)4/h18-21,32H,10-17,30H2,1-9H3,(H,31,38)(H,34,35)(H,36,37). The van der Waals surface area contributed by atoms with Gasteiger partial charge in [0.25, 0.3) is 0 Å². The first-order valence-electron chi connectivity index (χ1n) is 14.3. The van der Waals surface area contributed by atoms with Gasteiger partial charge in [0, 0.05) is 39.4 Å². The molecular formula is C29H53N3O7S2. The van der Waals surface area contributed by atoms with Crippen LogP contribution in [0.1, 0.15) is 94.4 Å². The van der Waals surface area contributed by atoms with E-state index in [0.717, 1.165) is 19.3 Å². The van der Waals surface area contributed by atoms with Crippen molar-refractivity contribution in [2.24, 2.45) is 16.6 Å². The minimum atomic E-state index is -1.12. The average molecular weight is 620 g/mol. The Balaban J connectivity index is 2.62. The van der Waals surface area contributed by atoms with E-state index in [9.17, 15) is 29.4 Å². The molecule has 0 bridgehead atoms. The minimum Gasteiger partial charge on any atom is -0.480 e. The Bertz CT molecular complexity index is 919. The fourth-order valence-electron chi connectivity index (χ4n) is 3.76. The highest BCUT2D eigenvalue weighted by Crippen LogP contribution is 2.40. The molecule has 0 aromatic heterocycles. The Morgan fingerprint density at radius 1 is 0.902 bits per heavy atom. The molecule has 0 radical (unpaired) electrons. The van der Waals surface area contributed by atoms with E-state index in [1.165, 1.54) is 11.8 Å². The number of rotatable bonds is 19. The highest BCUT2D eigenvalue weighted by atomic mass is 32.2. The summed E-state index contributed by atoms with van der Waals surface area (Å²) in [6.45, 7) is 16.5. The molecule has 12 heteroatoms. The summed E-state index contributed by atoms with van der Waals surface area (Å²) in [5, 5.41) is 25.7. The molecule has 5 unspecified atom stereocenters. The maximum absolute atomic E-state index is 13.0. The zero-order valence-corrected chi connectivity index (χ0v) is 27.9. The van der Waals surface area contributed by atoms with E-state index < -0.39 is 46.5 Å². The molecule has 1 aliphatic carbocycles. The van der Waals surface area contributed by atoms with Gasteiger partial charge in [0.1, 0.15) is 23.6 Å². The van der Waals surface area contributed by atoms with Crippen LogP contribution >= 0.6 is 23.5 Å². The summed E-state index contributed by atoms with van der Waals surface area (Å²) in [6, 6.07) is -1.74. The lowest BCUT2D eigenvalue weighted by molar-refractivity contribution is -0.146. The topological polar surface area (TPSA) is 168 Å². The van der Waals surface area contributed by atoms with Crippen molar-refractivity contribution in [1.82, 2.24) is 10.6 Å². The first-order valence-corrected chi connectivity index (χ1v) is 16.4. The van der Waals surface area contributed by atoms with Gasteiger partial charge in [0.2, 0.25) is 5.91 Å². The quantitative estimate of drug-likeness (QED) is 0.133. The molecule has 0 aliphatic heterocycles. The molecule has 1 fully saturated rings. The van der Waals surface area contributed by atoms with Gasteiger partial charge in [-0.3, -0.25) is 19.7 Å². The molecular weight excluding hydrogens is 566 g/mol. The summed E-state index contributed by atoms with van der Waals surface area (Å²) in [5.74, 6) is -1.75. The van der Waals surface area contributed by atoms with Gasteiger partial charge in [-0.25, -0.2) is 4.79 Å². The number of hydrogen-bond donors (Lipinski definition) is 5. The molecule has 0 spiro atoms. The number of ether oxygens (including phenoxy) is 1. The number of amides is 1. The summed E-state index contributed by atoms with van der Waals surface area (Å²) in [4.78, 5) is 49.0. The Labute approximate surface area is 254 Å². The van der Waals surface area contributed by atoms with Crippen LogP contribution in [0.5, 0.6) is 0 Å². The van der Waals surface area contributed by atoms with E-state index in [0.29, 0.717) is 12.2 Å². The molecule has 1 aliphatic rings. The zero-order chi connectivity index (χ0) is 31.8. The third-order valence-electron chi connectivity index (χ3n) is 7.52. The number of Topliss-reactive ketones (excluding diaryl/α,β-unsaturated/α-hetero) is 1. The summed E-state index contributed by atoms with van der Waals surface area (Å²) >= 11 is 3.10. The maximum atomic E-state index is 13.0. The van der Waals surface area contributed by atoms with Crippen molar-refractivity contribution in [1.29, 1.82) is 0 Å². The van der Waals surface area contributed by atoms with Crippen molar-refractivity contribution in [2.45, 2.75) is 128 Å². The molecule has 0 aromatic carbocycles. The Kier molecular flexibility index (Phi) is 14.2. The molecule has 5 atom stereocenters. The molecule has 41 heavy (non-hydrogen) atoms. The largest absolute Gasteiger partial charge is 0.480 e. The number of hydrogen-bond acceptors (Lipinski definition) is 9. The number of ketones is 1. The van der Waals surface area contributed by atoms with Crippen LogP contribution in [0.15, 0.2) is 0 Å². The fraction of sp³-hybridized carbons (Fsp3) is 0.862. The molecule has 6 N–H and O–H groups in total. The third-order valence-corrected chi connectivity index (χ3v) is 10.7. The number of nitrogens with two attached hydrogens (primary N) is 1. The summed E-state index contributed by atoms with van der Waals surface area (Å²) in [5.41, 5.74) is 3.32. The predicted molar refractivity (Wildman–Crippen MR) is 166 cm³/mol. The van der Waals surface area contributed by atoms with Gasteiger partial charge < -0.3 is 26.0 Å². The van der Waals surface area contributed by atoms with Crippen LogP contribution < -0.4 is 16.4 Å². The first-order chi connectivity index (χ1) is 18.6. The predicted octanol–water partition coefficient (Wildman–Crippen LogP) is 3.90. The number of carboxylic acids is 2. The summed E-state index contributed by atoms with van der Waals surface area (Å²) in [7, 11) is 0. The Hall–Kier alpha value is -1.34. The van der Waals surface area contributed by atoms with Crippen molar-refractivity contribution in [3.05, 3.63) is 0 Å². The highest BCUT2D eigenvalue weighted by molar-refractivity contribution is 8.04. The lowest BCUT2D eigenvalue weighted by atomic mass is 9.87. The first kappa shape index (κ1) is 37.7. The molecule has 0 aromatic rings. The van der Waals surface area contributed by atoms with Crippen LogP contribution in [0.3, 0.4) is 0 Å². The number of carboxylic acid groups (broad SMARTS) is 2. The monoisotopic (exact) mass is 619 g/mol. The van der Waals surface area contributed by atoms with E-state index in [2.05, 4.69) is 10.6 Å². The lowest BCUT2D eigenvalue weighted by Gasteiger charge is -2.37. The van der Waals surface area contributed by atoms with Gasteiger partial charge in [-0.05, 0) is 60.3 Å². The SMILES string of the molecule is CCC(C)(C)NC(CSC1CCC1SCC(NC(=O)C(C)(C)COC(C)(N)CCC(=O)C(C)(C)C)C(=O)O)C(=O)O. The number of thioether (sulfide) groups is 2. The van der Waals surface area contributed by atoms with Gasteiger partial charge in [0.05, 0.1) is 12.0 Å². The van der Waals surface area contributed by atoms with Crippen LogP contribution in [-0.2, 0) is 23.9 Å². The van der Waals surface area contributed by atoms with Crippen LogP contribution in [0.2, 0.25) is 0 Å². The minimum absolute atomic E-state index is 0.0377. The molecule has 0 heterocycles. The highest BCUT2D eigenvalue weighted by Gasteiger charge is 2.37. The summed E-state index contributed by atoms with van der Waals surface area (Å²) < 4.78 is 5.82. The number of nitrogens with one attached hydrogen (secondary N) is 2.